The number of rotatable bonds is 3. The van der Waals surface area contributed by atoms with E-state index in [9.17, 15) is 9.18 Å². The summed E-state index contributed by atoms with van der Waals surface area (Å²) in [6.45, 7) is 3.34. The molecule has 0 saturated carbocycles. The van der Waals surface area contributed by atoms with E-state index in [1.807, 2.05) is 11.0 Å². The largest absolute Gasteiger partial charge is 0.343 e. The molecule has 2 nitrogen and oxygen atoms in total. The summed E-state index contributed by atoms with van der Waals surface area (Å²) in [6, 6.07) is 5.25. The van der Waals surface area contributed by atoms with E-state index in [4.69, 9.17) is 0 Å². The summed E-state index contributed by atoms with van der Waals surface area (Å²) >= 11 is 4.85. The summed E-state index contributed by atoms with van der Waals surface area (Å²) < 4.78 is 13.9. The van der Waals surface area contributed by atoms with E-state index in [0.29, 0.717) is 10.4 Å². The van der Waals surface area contributed by atoms with Crippen LogP contribution in [0.15, 0.2) is 27.6 Å². The fourth-order valence-corrected chi connectivity index (χ4v) is 3.55. The number of hydrogen-bond donors (Lipinski definition) is 0. The van der Waals surface area contributed by atoms with Crippen LogP contribution in [0.3, 0.4) is 0 Å². The van der Waals surface area contributed by atoms with Crippen LogP contribution in [-0.4, -0.2) is 29.6 Å². The van der Waals surface area contributed by atoms with Crippen molar-refractivity contribution in [3.63, 3.8) is 0 Å². The van der Waals surface area contributed by atoms with Crippen molar-refractivity contribution in [2.24, 2.45) is 5.92 Å². The van der Waals surface area contributed by atoms with E-state index >= 15 is 0 Å². The summed E-state index contributed by atoms with van der Waals surface area (Å²) in [4.78, 5) is 14.1. The highest BCUT2D eigenvalue weighted by molar-refractivity contribution is 9.10. The molecule has 0 aliphatic carbocycles. The van der Waals surface area contributed by atoms with Crippen LogP contribution >= 0.6 is 27.7 Å². The van der Waals surface area contributed by atoms with Gasteiger partial charge < -0.3 is 4.90 Å². The Kier molecular flexibility index (Phi) is 5.28. The zero-order valence-corrected chi connectivity index (χ0v) is 13.3. The van der Waals surface area contributed by atoms with Crippen molar-refractivity contribution in [2.45, 2.75) is 24.7 Å². The van der Waals surface area contributed by atoms with E-state index in [1.54, 1.807) is 30.8 Å². The first kappa shape index (κ1) is 14.9. The number of benzene rings is 1. The van der Waals surface area contributed by atoms with Crippen LogP contribution in [0.1, 0.15) is 19.8 Å². The van der Waals surface area contributed by atoms with Gasteiger partial charge in [0.05, 0.1) is 4.47 Å². The normalized spacial score (nSPS) is 16.7. The predicted molar refractivity (Wildman–Crippen MR) is 79.8 cm³/mol. The second-order valence-corrected chi connectivity index (χ2v) is 6.78. The van der Waals surface area contributed by atoms with Crippen molar-refractivity contribution < 1.29 is 9.18 Å². The van der Waals surface area contributed by atoms with E-state index in [2.05, 4.69) is 15.9 Å². The van der Waals surface area contributed by atoms with Gasteiger partial charge in [0.2, 0.25) is 5.91 Å². The number of carbonyl (C=O) groups excluding carboxylic acids is 1. The monoisotopic (exact) mass is 345 g/mol. The molecule has 0 aromatic heterocycles. The van der Waals surface area contributed by atoms with Crippen LogP contribution in [0.5, 0.6) is 0 Å². The molecule has 1 heterocycles. The van der Waals surface area contributed by atoms with Crippen molar-refractivity contribution >= 4 is 33.6 Å². The van der Waals surface area contributed by atoms with Gasteiger partial charge in [-0.15, -0.1) is 11.8 Å². The molecule has 1 aromatic rings. The Bertz CT molecular complexity index is 461. The van der Waals surface area contributed by atoms with Crippen molar-refractivity contribution in [3.05, 3.63) is 28.5 Å². The molecule has 2 rings (SSSR count). The lowest BCUT2D eigenvalue weighted by atomic mass is 9.99. The Labute approximate surface area is 125 Å². The minimum Gasteiger partial charge on any atom is -0.343 e. The number of hydrogen-bond acceptors (Lipinski definition) is 2. The van der Waals surface area contributed by atoms with Crippen molar-refractivity contribution in [2.75, 3.05) is 18.8 Å². The summed E-state index contributed by atoms with van der Waals surface area (Å²) in [5, 5.41) is 0. The number of carbonyl (C=O) groups is 1. The standard InChI is InChI=1S/C14H17BrFNOS/c1-10(18)17-6-4-11(5-7-17)9-19-12-2-3-13(15)14(16)8-12/h2-3,8,11H,4-7,9H2,1H3. The number of piperidine rings is 1. The molecule has 0 N–H and O–H groups in total. The third kappa shape index (κ3) is 4.21. The Morgan fingerprint density at radius 2 is 2.16 bits per heavy atom. The zero-order chi connectivity index (χ0) is 13.8. The quantitative estimate of drug-likeness (QED) is 0.773. The number of likely N-dealkylation sites (tertiary alicyclic amines) is 1. The molecular formula is C14H17BrFNOS. The van der Waals surface area contributed by atoms with Crippen molar-refractivity contribution in [1.82, 2.24) is 4.90 Å². The molecule has 1 saturated heterocycles. The maximum absolute atomic E-state index is 13.4. The summed E-state index contributed by atoms with van der Waals surface area (Å²) in [5.41, 5.74) is 0. The topological polar surface area (TPSA) is 20.3 Å². The van der Waals surface area contributed by atoms with Gasteiger partial charge in [0.1, 0.15) is 5.82 Å². The Morgan fingerprint density at radius 1 is 1.47 bits per heavy atom. The minimum atomic E-state index is -0.212. The molecule has 104 valence electrons. The lowest BCUT2D eigenvalue weighted by Gasteiger charge is -2.31. The Balaban J connectivity index is 1.80. The molecule has 0 bridgehead atoms. The highest BCUT2D eigenvalue weighted by Gasteiger charge is 2.20. The Hall–Kier alpha value is -0.550. The van der Waals surface area contributed by atoms with Gasteiger partial charge in [-0.3, -0.25) is 4.79 Å². The van der Waals surface area contributed by atoms with Crippen molar-refractivity contribution in [3.8, 4) is 0 Å². The average molecular weight is 346 g/mol. The zero-order valence-electron chi connectivity index (χ0n) is 10.9. The smallest absolute Gasteiger partial charge is 0.219 e. The molecule has 19 heavy (non-hydrogen) atoms. The second kappa shape index (κ2) is 6.75. The van der Waals surface area contributed by atoms with Gasteiger partial charge in [-0.1, -0.05) is 0 Å². The van der Waals surface area contributed by atoms with E-state index < -0.39 is 0 Å². The SMILES string of the molecule is CC(=O)N1CCC(CSc2ccc(Br)c(F)c2)CC1. The predicted octanol–water partition coefficient (Wildman–Crippen LogP) is 3.94. The molecule has 1 aromatic carbocycles. The molecule has 1 amide bonds. The lowest BCUT2D eigenvalue weighted by molar-refractivity contribution is -0.130. The molecule has 0 unspecified atom stereocenters. The van der Waals surface area contributed by atoms with Crippen LogP contribution in [0.2, 0.25) is 0 Å². The van der Waals surface area contributed by atoms with Crippen LogP contribution < -0.4 is 0 Å². The van der Waals surface area contributed by atoms with Crippen LogP contribution in [0.4, 0.5) is 4.39 Å². The fourth-order valence-electron chi connectivity index (χ4n) is 2.20. The fraction of sp³-hybridized carbons (Fsp3) is 0.500. The molecule has 5 heteroatoms. The summed E-state index contributed by atoms with van der Waals surface area (Å²) in [5.74, 6) is 1.57. The second-order valence-electron chi connectivity index (χ2n) is 4.84. The molecule has 1 fully saturated rings. The molecular weight excluding hydrogens is 329 g/mol. The third-order valence-corrected chi connectivity index (χ3v) is 5.31. The number of thioether (sulfide) groups is 1. The molecule has 0 spiro atoms. The first-order valence-corrected chi connectivity index (χ1v) is 8.17. The maximum atomic E-state index is 13.4. The van der Waals surface area contributed by atoms with Gasteiger partial charge >= 0.3 is 0 Å². The number of amides is 1. The first-order valence-electron chi connectivity index (χ1n) is 6.39. The number of halogens is 2. The van der Waals surface area contributed by atoms with Gasteiger partial charge in [-0.05, 0) is 52.9 Å². The van der Waals surface area contributed by atoms with Gasteiger partial charge in [0, 0.05) is 30.7 Å². The van der Waals surface area contributed by atoms with E-state index in [1.165, 1.54) is 0 Å². The summed E-state index contributed by atoms with van der Waals surface area (Å²) in [6.07, 6.45) is 2.09. The molecule has 1 aliphatic heterocycles. The lowest BCUT2D eigenvalue weighted by Crippen LogP contribution is -2.37. The number of nitrogens with zero attached hydrogens (tertiary/aromatic N) is 1. The maximum Gasteiger partial charge on any atom is 0.219 e. The third-order valence-electron chi connectivity index (χ3n) is 3.44. The van der Waals surface area contributed by atoms with Crippen LogP contribution in [-0.2, 0) is 4.79 Å². The average Bonchev–Trinajstić information content (AvgIpc) is 2.40. The van der Waals surface area contributed by atoms with Crippen LogP contribution in [0, 0.1) is 11.7 Å². The van der Waals surface area contributed by atoms with E-state index in [-0.39, 0.29) is 11.7 Å². The molecule has 0 radical (unpaired) electrons. The van der Waals surface area contributed by atoms with Crippen molar-refractivity contribution in [1.29, 1.82) is 0 Å². The van der Waals surface area contributed by atoms with Gasteiger partial charge in [-0.25, -0.2) is 4.39 Å². The van der Waals surface area contributed by atoms with E-state index in [0.717, 1.165) is 36.6 Å². The van der Waals surface area contributed by atoms with Gasteiger partial charge in [-0.2, -0.15) is 0 Å². The van der Waals surface area contributed by atoms with Crippen LogP contribution in [0.25, 0.3) is 0 Å². The minimum absolute atomic E-state index is 0.168. The van der Waals surface area contributed by atoms with Gasteiger partial charge in [0.25, 0.3) is 0 Å². The first-order chi connectivity index (χ1) is 9.06. The van der Waals surface area contributed by atoms with Gasteiger partial charge in [0.15, 0.2) is 0 Å². The highest BCUT2D eigenvalue weighted by atomic mass is 79.9. The summed E-state index contributed by atoms with van der Waals surface area (Å²) in [7, 11) is 0. The highest BCUT2D eigenvalue weighted by Crippen LogP contribution is 2.28. The molecule has 1 aliphatic rings. The Morgan fingerprint density at radius 3 is 2.74 bits per heavy atom. The molecule has 0 atom stereocenters.